The Morgan fingerprint density at radius 3 is 3.13 bits per heavy atom. The Morgan fingerprint density at radius 1 is 1.67 bits per heavy atom. The van der Waals surface area contributed by atoms with Crippen molar-refractivity contribution >= 4 is 17.1 Å². The Hall–Kier alpha value is -1.16. The molecule has 0 aromatic carbocycles. The van der Waals surface area contributed by atoms with Crippen LogP contribution >= 0.6 is 11.3 Å². The summed E-state index contributed by atoms with van der Waals surface area (Å²) in [4.78, 5) is 16.1. The summed E-state index contributed by atoms with van der Waals surface area (Å²) in [6.07, 6.45) is 3.78. The summed E-state index contributed by atoms with van der Waals surface area (Å²) >= 11 is 1.58. The number of nitrogens with zero attached hydrogens (tertiary/aromatic N) is 1. The molecule has 0 spiro atoms. The summed E-state index contributed by atoms with van der Waals surface area (Å²) in [6, 6.07) is 0. The Labute approximate surface area is 92.8 Å². The topological polar surface area (TPSA) is 39.2 Å². The lowest BCUT2D eigenvalue weighted by atomic mass is 10.0. The van der Waals surface area contributed by atoms with Crippen LogP contribution in [0.25, 0.3) is 0 Å². The first-order valence-corrected chi connectivity index (χ1v) is 5.88. The normalized spacial score (nSPS) is 15.7. The third-order valence-corrected chi connectivity index (χ3v) is 3.12. The molecule has 3 nitrogen and oxygen atoms in total. The zero-order valence-corrected chi connectivity index (χ0v) is 9.47. The van der Waals surface area contributed by atoms with Crippen LogP contribution in [0.15, 0.2) is 17.2 Å². The molecule has 1 aliphatic rings. The SMILES string of the molecule is Cc1nc(CC(=O)C2=COCCC2)cs1. The van der Waals surface area contributed by atoms with Gasteiger partial charge in [-0.15, -0.1) is 11.3 Å². The van der Waals surface area contributed by atoms with Crippen molar-refractivity contribution in [2.45, 2.75) is 26.2 Å². The van der Waals surface area contributed by atoms with Gasteiger partial charge in [0.25, 0.3) is 0 Å². The maximum absolute atomic E-state index is 11.8. The minimum atomic E-state index is 0.139. The van der Waals surface area contributed by atoms with Gasteiger partial charge in [-0.25, -0.2) is 4.98 Å². The Bertz CT molecular complexity index is 395. The quantitative estimate of drug-likeness (QED) is 0.789. The van der Waals surface area contributed by atoms with Crippen LogP contribution in [0.3, 0.4) is 0 Å². The van der Waals surface area contributed by atoms with E-state index in [2.05, 4.69) is 4.98 Å². The van der Waals surface area contributed by atoms with Crippen molar-refractivity contribution in [3.63, 3.8) is 0 Å². The molecule has 0 unspecified atom stereocenters. The molecule has 4 heteroatoms. The molecule has 80 valence electrons. The molecule has 0 atom stereocenters. The molecule has 1 aliphatic heterocycles. The van der Waals surface area contributed by atoms with Crippen molar-refractivity contribution in [1.82, 2.24) is 4.98 Å². The number of aryl methyl sites for hydroxylation is 1. The van der Waals surface area contributed by atoms with Gasteiger partial charge >= 0.3 is 0 Å². The summed E-state index contributed by atoms with van der Waals surface area (Å²) in [6.45, 7) is 2.67. The van der Waals surface area contributed by atoms with Gasteiger partial charge in [0.1, 0.15) is 0 Å². The number of ketones is 1. The van der Waals surface area contributed by atoms with Crippen LogP contribution < -0.4 is 0 Å². The number of hydrogen-bond donors (Lipinski definition) is 0. The van der Waals surface area contributed by atoms with Crippen molar-refractivity contribution in [3.8, 4) is 0 Å². The van der Waals surface area contributed by atoms with E-state index in [1.807, 2.05) is 12.3 Å². The predicted molar refractivity (Wildman–Crippen MR) is 58.8 cm³/mol. The van der Waals surface area contributed by atoms with Crippen LogP contribution in [0.5, 0.6) is 0 Å². The van der Waals surface area contributed by atoms with Crippen LogP contribution in [0.2, 0.25) is 0 Å². The van der Waals surface area contributed by atoms with E-state index in [4.69, 9.17) is 4.74 Å². The van der Waals surface area contributed by atoms with Gasteiger partial charge in [-0.05, 0) is 19.8 Å². The van der Waals surface area contributed by atoms with E-state index in [0.717, 1.165) is 35.7 Å². The molecule has 0 radical (unpaired) electrons. The molecule has 1 aromatic heterocycles. The fourth-order valence-corrected chi connectivity index (χ4v) is 2.15. The van der Waals surface area contributed by atoms with Gasteiger partial charge < -0.3 is 4.74 Å². The Balaban J connectivity index is 2.00. The van der Waals surface area contributed by atoms with Crippen molar-refractivity contribution < 1.29 is 9.53 Å². The molecule has 0 N–H and O–H groups in total. The van der Waals surface area contributed by atoms with Crippen LogP contribution in [-0.2, 0) is 16.0 Å². The molecule has 2 rings (SSSR count). The van der Waals surface area contributed by atoms with E-state index < -0.39 is 0 Å². The highest BCUT2D eigenvalue weighted by molar-refractivity contribution is 7.09. The predicted octanol–water partition coefficient (Wildman–Crippen LogP) is 2.26. The second-order valence-electron chi connectivity index (χ2n) is 3.58. The van der Waals surface area contributed by atoms with Gasteiger partial charge in [0, 0.05) is 11.0 Å². The summed E-state index contributed by atoms with van der Waals surface area (Å²) in [7, 11) is 0. The molecule has 0 fully saturated rings. The van der Waals surface area contributed by atoms with Gasteiger partial charge in [-0.2, -0.15) is 0 Å². The van der Waals surface area contributed by atoms with E-state index >= 15 is 0 Å². The van der Waals surface area contributed by atoms with Crippen LogP contribution in [0.1, 0.15) is 23.5 Å². The number of ether oxygens (including phenoxy) is 1. The summed E-state index contributed by atoms with van der Waals surface area (Å²) in [5, 5.41) is 2.95. The third kappa shape index (κ3) is 2.65. The summed E-state index contributed by atoms with van der Waals surface area (Å²) < 4.78 is 5.15. The number of carbonyl (C=O) groups excluding carboxylic acids is 1. The zero-order valence-electron chi connectivity index (χ0n) is 8.66. The minimum absolute atomic E-state index is 0.139. The smallest absolute Gasteiger partial charge is 0.167 e. The number of allylic oxidation sites excluding steroid dienone is 1. The average molecular weight is 223 g/mol. The van der Waals surface area contributed by atoms with Crippen molar-refractivity contribution in [1.29, 1.82) is 0 Å². The molecular weight excluding hydrogens is 210 g/mol. The van der Waals surface area contributed by atoms with Crippen LogP contribution in [0, 0.1) is 6.92 Å². The van der Waals surface area contributed by atoms with Gasteiger partial charge in [0.05, 0.1) is 30.0 Å². The number of rotatable bonds is 3. The van der Waals surface area contributed by atoms with Gasteiger partial charge in [-0.3, -0.25) is 4.79 Å². The number of hydrogen-bond acceptors (Lipinski definition) is 4. The average Bonchev–Trinajstić information content (AvgIpc) is 2.65. The van der Waals surface area contributed by atoms with E-state index in [1.54, 1.807) is 17.6 Å². The highest BCUT2D eigenvalue weighted by Gasteiger charge is 2.14. The van der Waals surface area contributed by atoms with E-state index in [-0.39, 0.29) is 5.78 Å². The number of aromatic nitrogens is 1. The molecule has 15 heavy (non-hydrogen) atoms. The van der Waals surface area contributed by atoms with Gasteiger partial charge in [-0.1, -0.05) is 0 Å². The second kappa shape index (κ2) is 4.57. The molecule has 0 aliphatic carbocycles. The zero-order chi connectivity index (χ0) is 10.7. The molecule has 0 bridgehead atoms. The molecule has 0 saturated carbocycles. The van der Waals surface area contributed by atoms with Crippen molar-refractivity contribution in [2.24, 2.45) is 0 Å². The van der Waals surface area contributed by atoms with E-state index in [0.29, 0.717) is 6.42 Å². The maximum atomic E-state index is 11.8. The number of thiazole rings is 1. The lowest BCUT2D eigenvalue weighted by Gasteiger charge is -2.11. The molecule has 0 saturated heterocycles. The highest BCUT2D eigenvalue weighted by Crippen LogP contribution is 2.16. The van der Waals surface area contributed by atoms with E-state index in [9.17, 15) is 4.79 Å². The van der Waals surface area contributed by atoms with Crippen LogP contribution in [-0.4, -0.2) is 17.4 Å². The van der Waals surface area contributed by atoms with Crippen LogP contribution in [0.4, 0.5) is 0 Å². The van der Waals surface area contributed by atoms with Crippen molar-refractivity contribution in [3.05, 3.63) is 27.9 Å². The highest BCUT2D eigenvalue weighted by atomic mass is 32.1. The fourth-order valence-electron chi connectivity index (χ4n) is 1.54. The molecule has 1 aromatic rings. The van der Waals surface area contributed by atoms with Gasteiger partial charge in [0.2, 0.25) is 0 Å². The first-order chi connectivity index (χ1) is 7.25. The lowest BCUT2D eigenvalue weighted by molar-refractivity contribution is -0.115. The molecular formula is C11H13NO2S. The summed E-state index contributed by atoms with van der Waals surface area (Å²) in [5.74, 6) is 0.139. The number of Topliss-reactive ketones (excluding diaryl/α,β-unsaturated/α-hetero) is 1. The number of carbonyl (C=O) groups is 1. The fraction of sp³-hybridized carbons (Fsp3) is 0.455. The molecule has 0 amide bonds. The lowest BCUT2D eigenvalue weighted by Crippen LogP contribution is -2.11. The second-order valence-corrected chi connectivity index (χ2v) is 4.64. The third-order valence-electron chi connectivity index (χ3n) is 2.30. The Morgan fingerprint density at radius 2 is 2.53 bits per heavy atom. The van der Waals surface area contributed by atoms with Crippen molar-refractivity contribution in [2.75, 3.05) is 6.61 Å². The molecule has 2 heterocycles. The van der Waals surface area contributed by atoms with Gasteiger partial charge in [0.15, 0.2) is 5.78 Å². The summed E-state index contributed by atoms with van der Waals surface area (Å²) in [5.41, 5.74) is 1.67. The maximum Gasteiger partial charge on any atom is 0.167 e. The Kier molecular flexibility index (Phi) is 3.16. The first kappa shape index (κ1) is 10.4. The minimum Gasteiger partial charge on any atom is -0.501 e. The first-order valence-electron chi connectivity index (χ1n) is 5.00. The van der Waals surface area contributed by atoms with E-state index in [1.165, 1.54) is 0 Å². The standard InChI is InChI=1S/C11H13NO2S/c1-8-12-10(7-15-8)5-11(13)9-3-2-4-14-6-9/h6-7H,2-5H2,1H3. The largest absolute Gasteiger partial charge is 0.501 e. The monoisotopic (exact) mass is 223 g/mol.